The van der Waals surface area contributed by atoms with Crippen LogP contribution in [0.3, 0.4) is 0 Å². The number of aliphatic carboxylic acids is 1. The number of carboxylic acid groups (broad SMARTS) is 1. The van der Waals surface area contributed by atoms with Crippen molar-refractivity contribution in [3.05, 3.63) is 18.0 Å². The van der Waals surface area contributed by atoms with Gasteiger partial charge in [0.2, 0.25) is 0 Å². The number of nitrogens with zero attached hydrogens (tertiary/aromatic N) is 2. The van der Waals surface area contributed by atoms with Crippen molar-refractivity contribution in [3.8, 4) is 0 Å². The van der Waals surface area contributed by atoms with E-state index in [1.807, 2.05) is 6.92 Å². The Morgan fingerprint density at radius 3 is 3.05 bits per heavy atom. The van der Waals surface area contributed by atoms with E-state index in [1.165, 1.54) is 6.26 Å². The highest BCUT2D eigenvalue weighted by atomic mass is 16.5. The Labute approximate surface area is 111 Å². The number of amides is 1. The van der Waals surface area contributed by atoms with E-state index in [9.17, 15) is 9.59 Å². The lowest BCUT2D eigenvalue weighted by Crippen LogP contribution is -2.42. The van der Waals surface area contributed by atoms with Gasteiger partial charge in [0.25, 0.3) is 5.91 Å². The molecule has 0 bridgehead atoms. The van der Waals surface area contributed by atoms with Gasteiger partial charge >= 0.3 is 5.97 Å². The predicted molar refractivity (Wildman–Crippen MR) is 66.5 cm³/mol. The minimum Gasteiger partial charge on any atom is -0.481 e. The zero-order valence-corrected chi connectivity index (χ0v) is 10.9. The van der Waals surface area contributed by atoms with Gasteiger partial charge in [0.1, 0.15) is 6.26 Å². The van der Waals surface area contributed by atoms with E-state index in [1.54, 1.807) is 11.0 Å². The number of carbonyl (C=O) groups excluding carboxylic acids is 1. The van der Waals surface area contributed by atoms with Crippen molar-refractivity contribution >= 4 is 11.9 Å². The molecule has 6 nitrogen and oxygen atoms in total. The highest BCUT2D eigenvalue weighted by Crippen LogP contribution is 2.26. The average molecular weight is 266 g/mol. The molecule has 2 atom stereocenters. The van der Waals surface area contributed by atoms with Crippen LogP contribution in [0.2, 0.25) is 0 Å². The molecule has 1 fully saturated rings. The summed E-state index contributed by atoms with van der Waals surface area (Å²) in [6.07, 6.45) is 3.40. The number of rotatable bonds is 4. The monoisotopic (exact) mass is 266 g/mol. The number of carbonyl (C=O) groups is 2. The van der Waals surface area contributed by atoms with Crippen LogP contribution in [0.4, 0.5) is 0 Å². The van der Waals surface area contributed by atoms with Gasteiger partial charge in [-0.3, -0.25) is 9.59 Å². The van der Waals surface area contributed by atoms with Crippen molar-refractivity contribution in [2.45, 2.75) is 26.2 Å². The molecule has 1 amide bonds. The molecular formula is C13H18N2O4. The maximum atomic E-state index is 12.1. The molecule has 0 spiro atoms. The van der Waals surface area contributed by atoms with Gasteiger partial charge in [-0.05, 0) is 24.7 Å². The first-order chi connectivity index (χ1) is 9.08. The summed E-state index contributed by atoms with van der Waals surface area (Å²) in [6, 6.07) is 1.55. The fraction of sp³-hybridized carbons (Fsp3) is 0.615. The van der Waals surface area contributed by atoms with Crippen LogP contribution >= 0.6 is 0 Å². The van der Waals surface area contributed by atoms with Gasteiger partial charge in [-0.25, -0.2) is 0 Å². The van der Waals surface area contributed by atoms with Gasteiger partial charge < -0.3 is 14.5 Å². The maximum absolute atomic E-state index is 12.1. The average Bonchev–Trinajstić information content (AvgIpc) is 2.91. The highest BCUT2D eigenvalue weighted by Gasteiger charge is 2.29. The fourth-order valence-electron chi connectivity index (χ4n) is 2.59. The smallest absolute Gasteiger partial charge is 0.303 e. The number of aromatic nitrogens is 1. The Morgan fingerprint density at radius 1 is 1.63 bits per heavy atom. The van der Waals surface area contributed by atoms with Gasteiger partial charge in [0, 0.05) is 25.6 Å². The molecule has 1 N–H and O–H groups in total. The summed E-state index contributed by atoms with van der Waals surface area (Å²) in [4.78, 5) is 24.6. The van der Waals surface area contributed by atoms with E-state index in [4.69, 9.17) is 5.11 Å². The Hall–Kier alpha value is -1.85. The number of piperidine rings is 1. The van der Waals surface area contributed by atoms with E-state index in [0.717, 1.165) is 12.8 Å². The third kappa shape index (κ3) is 3.33. The van der Waals surface area contributed by atoms with E-state index < -0.39 is 5.97 Å². The summed E-state index contributed by atoms with van der Waals surface area (Å²) in [7, 11) is 0. The van der Waals surface area contributed by atoms with E-state index in [2.05, 4.69) is 9.68 Å². The first kappa shape index (κ1) is 13.6. The molecule has 0 aromatic carbocycles. The first-order valence-electron chi connectivity index (χ1n) is 6.49. The Balaban J connectivity index is 1.97. The van der Waals surface area contributed by atoms with E-state index >= 15 is 0 Å². The van der Waals surface area contributed by atoms with Gasteiger partial charge in [-0.15, -0.1) is 0 Å². The van der Waals surface area contributed by atoms with E-state index in [-0.39, 0.29) is 24.2 Å². The number of likely N-dealkylation sites (tertiary alicyclic amines) is 1. The molecule has 1 aliphatic rings. The van der Waals surface area contributed by atoms with Crippen LogP contribution in [-0.4, -0.2) is 40.1 Å². The van der Waals surface area contributed by atoms with Crippen molar-refractivity contribution < 1.29 is 19.2 Å². The Bertz CT molecular complexity index is 444. The van der Waals surface area contributed by atoms with Crippen LogP contribution in [0.1, 0.15) is 36.7 Å². The second kappa shape index (κ2) is 5.86. The van der Waals surface area contributed by atoms with Crippen LogP contribution in [0.15, 0.2) is 16.9 Å². The van der Waals surface area contributed by atoms with Crippen LogP contribution in [0.5, 0.6) is 0 Å². The standard InChI is InChI=1S/C13H18N2O4/c1-9(7-12(16)17)10-3-2-5-15(8-10)13(18)11-4-6-19-14-11/h4,6,9-10H,2-3,5,7-8H2,1H3,(H,16,17). The normalized spacial score (nSPS) is 21.1. The molecule has 19 heavy (non-hydrogen) atoms. The Morgan fingerprint density at radius 2 is 2.42 bits per heavy atom. The lowest BCUT2D eigenvalue weighted by Gasteiger charge is -2.35. The second-order valence-electron chi connectivity index (χ2n) is 5.11. The van der Waals surface area contributed by atoms with Gasteiger partial charge in [-0.2, -0.15) is 0 Å². The molecule has 6 heteroatoms. The lowest BCUT2D eigenvalue weighted by atomic mass is 9.84. The summed E-state index contributed by atoms with van der Waals surface area (Å²) in [5, 5.41) is 12.5. The van der Waals surface area contributed by atoms with Gasteiger partial charge in [0.15, 0.2) is 5.69 Å². The topological polar surface area (TPSA) is 83.6 Å². The molecule has 1 aromatic rings. The zero-order chi connectivity index (χ0) is 13.8. The van der Waals surface area contributed by atoms with Crippen molar-refractivity contribution in [2.75, 3.05) is 13.1 Å². The summed E-state index contributed by atoms with van der Waals surface area (Å²) >= 11 is 0. The minimum absolute atomic E-state index is 0.0745. The van der Waals surface area contributed by atoms with Crippen molar-refractivity contribution in [2.24, 2.45) is 11.8 Å². The van der Waals surface area contributed by atoms with E-state index in [0.29, 0.717) is 18.8 Å². The van der Waals surface area contributed by atoms with Crippen molar-refractivity contribution in [1.29, 1.82) is 0 Å². The van der Waals surface area contributed by atoms with Crippen LogP contribution in [0, 0.1) is 11.8 Å². The molecule has 1 saturated heterocycles. The molecule has 104 valence electrons. The molecule has 2 unspecified atom stereocenters. The number of hydrogen-bond donors (Lipinski definition) is 1. The second-order valence-corrected chi connectivity index (χ2v) is 5.11. The van der Waals surface area contributed by atoms with Crippen LogP contribution in [0.25, 0.3) is 0 Å². The fourth-order valence-corrected chi connectivity index (χ4v) is 2.59. The third-order valence-electron chi connectivity index (χ3n) is 3.70. The molecule has 1 aromatic heterocycles. The summed E-state index contributed by atoms with van der Waals surface area (Å²) < 4.78 is 4.68. The van der Waals surface area contributed by atoms with Crippen LogP contribution < -0.4 is 0 Å². The third-order valence-corrected chi connectivity index (χ3v) is 3.70. The number of hydrogen-bond acceptors (Lipinski definition) is 4. The first-order valence-corrected chi connectivity index (χ1v) is 6.49. The molecule has 2 heterocycles. The molecular weight excluding hydrogens is 248 g/mol. The van der Waals surface area contributed by atoms with Crippen molar-refractivity contribution in [1.82, 2.24) is 10.1 Å². The van der Waals surface area contributed by atoms with Crippen molar-refractivity contribution in [3.63, 3.8) is 0 Å². The predicted octanol–water partition coefficient (Wildman–Crippen LogP) is 1.64. The highest BCUT2D eigenvalue weighted by molar-refractivity contribution is 5.92. The lowest BCUT2D eigenvalue weighted by molar-refractivity contribution is -0.138. The summed E-state index contributed by atoms with van der Waals surface area (Å²) in [5.41, 5.74) is 0.312. The molecule has 0 saturated carbocycles. The Kier molecular flexibility index (Phi) is 4.19. The summed E-state index contributed by atoms with van der Waals surface area (Å²) in [5.74, 6) is -0.612. The molecule has 1 aliphatic heterocycles. The molecule has 0 aliphatic carbocycles. The molecule has 0 radical (unpaired) electrons. The van der Waals surface area contributed by atoms with Crippen LogP contribution in [-0.2, 0) is 4.79 Å². The largest absolute Gasteiger partial charge is 0.481 e. The maximum Gasteiger partial charge on any atom is 0.303 e. The number of carboxylic acids is 1. The zero-order valence-electron chi connectivity index (χ0n) is 10.9. The quantitative estimate of drug-likeness (QED) is 0.895. The summed E-state index contributed by atoms with van der Waals surface area (Å²) in [6.45, 7) is 3.23. The molecule has 2 rings (SSSR count). The SMILES string of the molecule is CC(CC(=O)O)C1CCCN(C(=O)c2ccon2)C1. The van der Waals surface area contributed by atoms with Gasteiger partial charge in [-0.1, -0.05) is 12.1 Å². The van der Waals surface area contributed by atoms with Gasteiger partial charge in [0.05, 0.1) is 0 Å². The minimum atomic E-state index is -0.785.